The number of nitrogens with one attached hydrogen (secondary N) is 1. The van der Waals surface area contributed by atoms with Gasteiger partial charge in [0.1, 0.15) is 11.6 Å². The Labute approximate surface area is 221 Å². The molecule has 6 nitrogen and oxygen atoms in total. The zero-order valence-electron chi connectivity index (χ0n) is 20.2. The molecule has 1 heterocycles. The molecule has 8 heteroatoms. The number of rotatable bonds is 12. The Morgan fingerprint density at radius 3 is 2.61 bits per heavy atom. The van der Waals surface area contributed by atoms with E-state index in [2.05, 4.69) is 32.2 Å². The van der Waals surface area contributed by atoms with Gasteiger partial charge in [0.2, 0.25) is 5.91 Å². The number of para-hydroxylation sites is 1. The fourth-order valence-corrected chi connectivity index (χ4v) is 4.96. The highest BCUT2D eigenvalue weighted by Crippen LogP contribution is 2.27. The van der Waals surface area contributed by atoms with Crippen molar-refractivity contribution >= 4 is 29.3 Å². The van der Waals surface area contributed by atoms with E-state index in [1.54, 1.807) is 18.9 Å². The molecule has 0 radical (unpaired) electrons. The Balaban J connectivity index is 1.35. The fourth-order valence-electron chi connectivity index (χ4n) is 3.85. The van der Waals surface area contributed by atoms with Crippen LogP contribution < -0.4 is 10.1 Å². The molecule has 1 N–H and O–H groups in total. The first-order chi connectivity index (χ1) is 17.6. The zero-order chi connectivity index (χ0) is 25.2. The van der Waals surface area contributed by atoms with Gasteiger partial charge in [0.05, 0.1) is 12.8 Å². The lowest BCUT2D eigenvalue weighted by Gasteiger charge is -2.11. The Morgan fingerprint density at radius 2 is 1.81 bits per heavy atom. The predicted octanol–water partition coefficient (Wildman–Crippen LogP) is 6.25. The van der Waals surface area contributed by atoms with Crippen LogP contribution in [0.2, 0.25) is 5.02 Å². The van der Waals surface area contributed by atoms with Crippen LogP contribution in [0.3, 0.4) is 0 Å². The van der Waals surface area contributed by atoms with E-state index in [1.807, 2.05) is 66.7 Å². The van der Waals surface area contributed by atoms with Crippen molar-refractivity contribution in [3.05, 3.63) is 101 Å². The molecule has 3 aromatic carbocycles. The normalized spacial score (nSPS) is 10.8. The third-order valence-electron chi connectivity index (χ3n) is 5.70. The van der Waals surface area contributed by atoms with E-state index in [9.17, 15) is 4.79 Å². The van der Waals surface area contributed by atoms with Crippen molar-refractivity contribution in [2.45, 2.75) is 43.1 Å². The second-order valence-corrected chi connectivity index (χ2v) is 9.66. The van der Waals surface area contributed by atoms with Crippen molar-refractivity contribution in [3.63, 3.8) is 0 Å². The van der Waals surface area contributed by atoms with Crippen LogP contribution in [0.15, 0.2) is 84.0 Å². The largest absolute Gasteiger partial charge is 0.496 e. The third-order valence-corrected chi connectivity index (χ3v) is 6.94. The molecule has 186 valence electrons. The molecule has 1 aromatic heterocycles. The molecule has 0 aliphatic heterocycles. The SMILES string of the molecule is COc1ccccc1CNC(=O)CCCCc1nnc(SCc2ccccc2)n1-c1cccc(Cl)c1. The van der Waals surface area contributed by atoms with Crippen molar-refractivity contribution in [1.82, 2.24) is 20.1 Å². The van der Waals surface area contributed by atoms with Gasteiger partial charge in [-0.1, -0.05) is 78.0 Å². The Kier molecular flexibility index (Phi) is 9.41. The number of nitrogens with zero attached hydrogens (tertiary/aromatic N) is 3. The molecule has 0 saturated heterocycles. The number of aryl methyl sites for hydroxylation is 1. The summed E-state index contributed by atoms with van der Waals surface area (Å²) in [6.07, 6.45) is 2.75. The molecule has 0 bridgehead atoms. The summed E-state index contributed by atoms with van der Waals surface area (Å²) in [7, 11) is 1.63. The summed E-state index contributed by atoms with van der Waals surface area (Å²) >= 11 is 7.93. The summed E-state index contributed by atoms with van der Waals surface area (Å²) in [4.78, 5) is 12.4. The first-order valence-corrected chi connectivity index (χ1v) is 13.3. The number of benzene rings is 3. The van der Waals surface area contributed by atoms with Crippen molar-refractivity contribution in [2.24, 2.45) is 0 Å². The standard InChI is InChI=1S/C28H29ClN4O2S/c1-35-25-15-6-5-12-22(25)19-30-27(34)17-8-7-16-26-31-32-28(36-20-21-10-3-2-4-11-21)33(26)24-14-9-13-23(29)18-24/h2-6,9-15,18H,7-8,16-17,19-20H2,1H3,(H,30,34). The number of hydrogen-bond donors (Lipinski definition) is 1. The van der Waals surface area contributed by atoms with E-state index in [4.69, 9.17) is 16.3 Å². The van der Waals surface area contributed by atoms with E-state index in [1.165, 1.54) is 5.56 Å². The Morgan fingerprint density at radius 1 is 1.00 bits per heavy atom. The van der Waals surface area contributed by atoms with Crippen LogP contribution in [0.25, 0.3) is 5.69 Å². The van der Waals surface area contributed by atoms with Gasteiger partial charge in [0, 0.05) is 35.7 Å². The quantitative estimate of drug-likeness (QED) is 0.176. The molecule has 36 heavy (non-hydrogen) atoms. The highest BCUT2D eigenvalue weighted by atomic mass is 35.5. The fraction of sp³-hybridized carbons (Fsp3) is 0.250. The number of ether oxygens (including phenoxy) is 1. The molecule has 0 aliphatic carbocycles. The van der Waals surface area contributed by atoms with Gasteiger partial charge in [-0.25, -0.2) is 0 Å². The van der Waals surface area contributed by atoms with Gasteiger partial charge >= 0.3 is 0 Å². The predicted molar refractivity (Wildman–Crippen MR) is 145 cm³/mol. The summed E-state index contributed by atoms with van der Waals surface area (Å²) in [6.45, 7) is 0.452. The van der Waals surface area contributed by atoms with Gasteiger partial charge in [-0.15, -0.1) is 10.2 Å². The first kappa shape index (κ1) is 25.8. The van der Waals surface area contributed by atoms with Crippen LogP contribution in [-0.4, -0.2) is 27.8 Å². The maximum atomic E-state index is 12.4. The number of thioether (sulfide) groups is 1. The smallest absolute Gasteiger partial charge is 0.220 e. The van der Waals surface area contributed by atoms with Crippen molar-refractivity contribution in [1.29, 1.82) is 0 Å². The molecular weight excluding hydrogens is 492 g/mol. The number of carbonyl (C=O) groups excluding carboxylic acids is 1. The van der Waals surface area contributed by atoms with E-state index >= 15 is 0 Å². The lowest BCUT2D eigenvalue weighted by atomic mass is 10.1. The topological polar surface area (TPSA) is 69.0 Å². The van der Waals surface area contributed by atoms with Gasteiger partial charge in [0.15, 0.2) is 5.16 Å². The van der Waals surface area contributed by atoms with Crippen molar-refractivity contribution < 1.29 is 9.53 Å². The van der Waals surface area contributed by atoms with Gasteiger partial charge < -0.3 is 10.1 Å². The Bertz CT molecular complexity index is 1280. The van der Waals surface area contributed by atoms with Crippen LogP contribution in [0.4, 0.5) is 0 Å². The summed E-state index contributed by atoms with van der Waals surface area (Å²) in [5, 5.41) is 13.4. The third kappa shape index (κ3) is 7.12. The maximum absolute atomic E-state index is 12.4. The number of methoxy groups -OCH3 is 1. The first-order valence-electron chi connectivity index (χ1n) is 11.9. The van der Waals surface area contributed by atoms with Crippen LogP contribution in [0.5, 0.6) is 5.75 Å². The highest BCUT2D eigenvalue weighted by molar-refractivity contribution is 7.98. The minimum Gasteiger partial charge on any atom is -0.496 e. The molecule has 4 aromatic rings. The molecule has 0 spiro atoms. The van der Waals surface area contributed by atoms with Crippen LogP contribution in [0.1, 0.15) is 36.2 Å². The molecule has 0 aliphatic rings. The molecule has 1 amide bonds. The monoisotopic (exact) mass is 520 g/mol. The average molecular weight is 521 g/mol. The average Bonchev–Trinajstić information content (AvgIpc) is 3.32. The van der Waals surface area contributed by atoms with Crippen LogP contribution in [-0.2, 0) is 23.5 Å². The van der Waals surface area contributed by atoms with Crippen LogP contribution in [0, 0.1) is 0 Å². The molecule has 0 atom stereocenters. The second kappa shape index (κ2) is 13.1. The summed E-state index contributed by atoms with van der Waals surface area (Å²) in [6, 6.07) is 25.7. The van der Waals surface area contributed by atoms with Gasteiger partial charge in [-0.3, -0.25) is 9.36 Å². The van der Waals surface area contributed by atoms with Crippen molar-refractivity contribution in [3.8, 4) is 11.4 Å². The molecule has 0 unspecified atom stereocenters. The summed E-state index contributed by atoms with van der Waals surface area (Å²) in [5.74, 6) is 2.46. The van der Waals surface area contributed by atoms with Gasteiger partial charge in [-0.05, 0) is 42.7 Å². The maximum Gasteiger partial charge on any atom is 0.220 e. The summed E-state index contributed by atoms with van der Waals surface area (Å²) < 4.78 is 7.42. The number of aromatic nitrogens is 3. The van der Waals surface area contributed by atoms with Gasteiger partial charge in [0.25, 0.3) is 0 Å². The number of unbranched alkanes of at least 4 members (excludes halogenated alkanes) is 1. The highest BCUT2D eigenvalue weighted by Gasteiger charge is 2.15. The molecular formula is C28H29ClN4O2S. The number of amides is 1. The van der Waals surface area contributed by atoms with E-state index in [0.717, 1.165) is 46.6 Å². The molecule has 4 rings (SSSR count). The minimum atomic E-state index is 0.0244. The molecule has 0 fully saturated rings. The number of halogens is 1. The van der Waals surface area contributed by atoms with Crippen molar-refractivity contribution in [2.75, 3.05) is 7.11 Å². The zero-order valence-corrected chi connectivity index (χ0v) is 21.8. The number of carbonyl (C=O) groups is 1. The van der Waals surface area contributed by atoms with Crippen LogP contribution >= 0.6 is 23.4 Å². The minimum absolute atomic E-state index is 0.0244. The van der Waals surface area contributed by atoms with Gasteiger partial charge in [-0.2, -0.15) is 0 Å². The van der Waals surface area contributed by atoms with E-state index in [0.29, 0.717) is 24.4 Å². The van der Waals surface area contributed by atoms with E-state index in [-0.39, 0.29) is 5.91 Å². The van der Waals surface area contributed by atoms with E-state index < -0.39 is 0 Å². The summed E-state index contributed by atoms with van der Waals surface area (Å²) in [5.41, 5.74) is 3.12. The number of hydrogen-bond acceptors (Lipinski definition) is 5. The lowest BCUT2D eigenvalue weighted by molar-refractivity contribution is -0.121. The lowest BCUT2D eigenvalue weighted by Crippen LogP contribution is -2.22. The second-order valence-electron chi connectivity index (χ2n) is 8.28. The Hall–Kier alpha value is -3.29. The molecule has 0 saturated carbocycles.